The third-order valence-electron chi connectivity index (χ3n) is 3.85. The van der Waals surface area contributed by atoms with Crippen molar-refractivity contribution in [3.05, 3.63) is 54.0 Å². The molecule has 0 aliphatic rings. The van der Waals surface area contributed by atoms with Crippen molar-refractivity contribution in [1.82, 2.24) is 4.90 Å². The molecule has 132 valence electrons. The molecular formula is C19H27NO4. The first-order valence-corrected chi connectivity index (χ1v) is 8.23. The Morgan fingerprint density at radius 1 is 1.17 bits per heavy atom. The van der Waals surface area contributed by atoms with Crippen molar-refractivity contribution in [2.24, 2.45) is 0 Å². The molecule has 0 radical (unpaired) electrons. The minimum atomic E-state index is -0.541. The monoisotopic (exact) mass is 333 g/mol. The lowest BCUT2D eigenvalue weighted by molar-refractivity contribution is -0.00116. The summed E-state index contributed by atoms with van der Waals surface area (Å²) in [6, 6.07) is 12.0. The van der Waals surface area contributed by atoms with E-state index in [2.05, 4.69) is 18.7 Å². The molecule has 0 aliphatic heterocycles. The first-order valence-electron chi connectivity index (χ1n) is 8.23. The number of hydrogen-bond donors (Lipinski definition) is 1. The van der Waals surface area contributed by atoms with E-state index in [0.717, 1.165) is 18.1 Å². The van der Waals surface area contributed by atoms with Gasteiger partial charge in [0.2, 0.25) is 0 Å². The molecule has 0 fully saturated rings. The molecule has 0 saturated heterocycles. The quantitative estimate of drug-likeness (QED) is 0.724. The van der Waals surface area contributed by atoms with Crippen molar-refractivity contribution in [3.8, 4) is 5.75 Å². The fourth-order valence-corrected chi connectivity index (χ4v) is 2.44. The third kappa shape index (κ3) is 6.00. The van der Waals surface area contributed by atoms with Gasteiger partial charge in [-0.25, -0.2) is 0 Å². The number of benzene rings is 1. The molecule has 5 heteroatoms. The lowest BCUT2D eigenvalue weighted by atomic mass is 10.1. The number of hydrogen-bond acceptors (Lipinski definition) is 5. The van der Waals surface area contributed by atoms with E-state index in [0.29, 0.717) is 19.2 Å². The summed E-state index contributed by atoms with van der Waals surface area (Å²) in [5.74, 6) is 1.61. The molecule has 1 atom stereocenters. The lowest BCUT2D eigenvalue weighted by Crippen LogP contribution is -2.38. The van der Waals surface area contributed by atoms with E-state index in [9.17, 15) is 5.11 Å². The second kappa shape index (κ2) is 9.47. The van der Waals surface area contributed by atoms with Gasteiger partial charge in [-0.15, -0.1) is 0 Å². The number of aliphatic hydroxyl groups is 1. The first kappa shape index (κ1) is 18.5. The number of nitrogens with zero attached hydrogens (tertiary/aromatic N) is 1. The van der Waals surface area contributed by atoms with Gasteiger partial charge < -0.3 is 19.0 Å². The van der Waals surface area contributed by atoms with E-state index in [-0.39, 0.29) is 6.61 Å². The zero-order valence-corrected chi connectivity index (χ0v) is 14.6. The minimum absolute atomic E-state index is 0.284. The number of ether oxygens (including phenoxy) is 2. The predicted molar refractivity (Wildman–Crippen MR) is 92.9 cm³/mol. The van der Waals surface area contributed by atoms with Crippen molar-refractivity contribution >= 4 is 0 Å². The zero-order chi connectivity index (χ0) is 17.4. The average Bonchev–Trinajstić information content (AvgIpc) is 3.08. The van der Waals surface area contributed by atoms with Crippen LogP contribution in [0.4, 0.5) is 0 Å². The SMILES string of the molecule is COc1ccc(CN(C[C@H](O)COCc2ccco2)C(C)C)cc1. The van der Waals surface area contributed by atoms with Crippen LogP contribution in [-0.4, -0.2) is 42.4 Å². The summed E-state index contributed by atoms with van der Waals surface area (Å²) < 4.78 is 15.9. The van der Waals surface area contributed by atoms with Gasteiger partial charge in [0.15, 0.2) is 0 Å². The van der Waals surface area contributed by atoms with Crippen LogP contribution in [0.15, 0.2) is 47.1 Å². The molecule has 2 aromatic rings. The maximum absolute atomic E-state index is 10.2. The van der Waals surface area contributed by atoms with Gasteiger partial charge in [0.1, 0.15) is 18.1 Å². The Kier molecular flexibility index (Phi) is 7.31. The second-order valence-corrected chi connectivity index (χ2v) is 6.12. The highest BCUT2D eigenvalue weighted by atomic mass is 16.5. The molecule has 0 spiro atoms. The van der Waals surface area contributed by atoms with E-state index < -0.39 is 6.10 Å². The molecule has 1 aromatic carbocycles. The summed E-state index contributed by atoms with van der Waals surface area (Å²) in [7, 11) is 1.66. The van der Waals surface area contributed by atoms with Gasteiger partial charge in [-0.1, -0.05) is 12.1 Å². The topological polar surface area (TPSA) is 55.1 Å². The Balaban J connectivity index is 1.80. The van der Waals surface area contributed by atoms with Crippen molar-refractivity contribution in [2.45, 2.75) is 39.1 Å². The smallest absolute Gasteiger partial charge is 0.129 e. The Hall–Kier alpha value is -1.82. The standard InChI is InChI=1S/C19H27NO4/c1-15(2)20(11-16-6-8-18(22-3)9-7-16)12-17(21)13-23-14-19-5-4-10-24-19/h4-10,15,17,21H,11-14H2,1-3H3/t17-/m0/s1. The third-order valence-corrected chi connectivity index (χ3v) is 3.85. The van der Waals surface area contributed by atoms with E-state index in [1.54, 1.807) is 13.4 Å². The van der Waals surface area contributed by atoms with Gasteiger partial charge in [-0.05, 0) is 43.7 Å². The predicted octanol–water partition coefficient (Wildman–Crippen LogP) is 3.08. The van der Waals surface area contributed by atoms with Crippen LogP contribution in [0.2, 0.25) is 0 Å². The van der Waals surface area contributed by atoms with E-state index in [1.165, 1.54) is 5.56 Å². The van der Waals surface area contributed by atoms with Crippen LogP contribution in [0.5, 0.6) is 5.75 Å². The van der Waals surface area contributed by atoms with Crippen molar-refractivity contribution in [3.63, 3.8) is 0 Å². The highest BCUT2D eigenvalue weighted by Gasteiger charge is 2.15. The van der Waals surface area contributed by atoms with E-state index in [1.807, 2.05) is 36.4 Å². The Morgan fingerprint density at radius 3 is 2.50 bits per heavy atom. The van der Waals surface area contributed by atoms with Crippen LogP contribution in [0, 0.1) is 0 Å². The molecular weight excluding hydrogens is 306 g/mol. The molecule has 1 aromatic heterocycles. The van der Waals surface area contributed by atoms with Crippen molar-refractivity contribution in [2.75, 3.05) is 20.3 Å². The van der Waals surface area contributed by atoms with Gasteiger partial charge >= 0.3 is 0 Å². The molecule has 0 unspecified atom stereocenters. The van der Waals surface area contributed by atoms with Gasteiger partial charge in [-0.3, -0.25) is 4.90 Å². The largest absolute Gasteiger partial charge is 0.497 e. The lowest BCUT2D eigenvalue weighted by Gasteiger charge is -2.28. The number of furan rings is 1. The van der Waals surface area contributed by atoms with E-state index >= 15 is 0 Å². The number of methoxy groups -OCH3 is 1. The van der Waals surface area contributed by atoms with Crippen molar-refractivity contribution in [1.29, 1.82) is 0 Å². The molecule has 0 amide bonds. The molecule has 24 heavy (non-hydrogen) atoms. The summed E-state index contributed by atoms with van der Waals surface area (Å²) in [5.41, 5.74) is 1.19. The summed E-state index contributed by atoms with van der Waals surface area (Å²) >= 11 is 0. The Labute approximate surface area is 143 Å². The van der Waals surface area contributed by atoms with Gasteiger partial charge in [0, 0.05) is 19.1 Å². The minimum Gasteiger partial charge on any atom is -0.497 e. The van der Waals surface area contributed by atoms with Gasteiger partial charge in [-0.2, -0.15) is 0 Å². The van der Waals surface area contributed by atoms with E-state index in [4.69, 9.17) is 13.9 Å². The average molecular weight is 333 g/mol. The molecule has 5 nitrogen and oxygen atoms in total. The van der Waals surface area contributed by atoms with Crippen molar-refractivity contribution < 1.29 is 19.0 Å². The fourth-order valence-electron chi connectivity index (χ4n) is 2.44. The highest BCUT2D eigenvalue weighted by Crippen LogP contribution is 2.15. The summed E-state index contributed by atoms with van der Waals surface area (Å²) in [4.78, 5) is 2.22. The van der Waals surface area contributed by atoms with Crippen LogP contribution in [0.1, 0.15) is 25.2 Å². The molecule has 2 rings (SSSR count). The molecule has 0 saturated carbocycles. The fraction of sp³-hybridized carbons (Fsp3) is 0.474. The normalized spacial score (nSPS) is 12.8. The van der Waals surface area contributed by atoms with Crippen LogP contribution in [0.25, 0.3) is 0 Å². The second-order valence-electron chi connectivity index (χ2n) is 6.12. The highest BCUT2D eigenvalue weighted by molar-refractivity contribution is 5.27. The maximum atomic E-state index is 10.2. The number of aliphatic hydroxyl groups excluding tert-OH is 1. The van der Waals surface area contributed by atoms with Gasteiger partial charge in [0.05, 0.1) is 26.1 Å². The summed E-state index contributed by atoms with van der Waals surface area (Å²) in [6.07, 6.45) is 1.07. The van der Waals surface area contributed by atoms with Crippen LogP contribution in [-0.2, 0) is 17.9 Å². The van der Waals surface area contributed by atoms with Crippen LogP contribution >= 0.6 is 0 Å². The molecule has 1 N–H and O–H groups in total. The molecule has 0 bridgehead atoms. The maximum Gasteiger partial charge on any atom is 0.129 e. The number of rotatable bonds is 10. The van der Waals surface area contributed by atoms with Crippen LogP contribution < -0.4 is 4.74 Å². The molecule has 1 heterocycles. The Bertz CT molecular complexity index is 566. The molecule has 0 aliphatic carbocycles. The Morgan fingerprint density at radius 2 is 1.92 bits per heavy atom. The first-order chi connectivity index (χ1) is 11.6. The summed E-state index contributed by atoms with van der Waals surface area (Å²) in [5, 5.41) is 10.2. The van der Waals surface area contributed by atoms with Crippen LogP contribution in [0.3, 0.4) is 0 Å². The summed E-state index contributed by atoms with van der Waals surface area (Å²) in [6.45, 7) is 6.25. The van der Waals surface area contributed by atoms with Gasteiger partial charge in [0.25, 0.3) is 0 Å². The zero-order valence-electron chi connectivity index (χ0n) is 14.6.